The van der Waals surface area contributed by atoms with Crippen LogP contribution in [0.2, 0.25) is 0 Å². The molecule has 0 fully saturated rings. The van der Waals surface area contributed by atoms with Crippen molar-refractivity contribution >= 4 is 11.8 Å². The second-order valence-corrected chi connectivity index (χ2v) is 9.74. The summed E-state index contributed by atoms with van der Waals surface area (Å²) in [5.41, 5.74) is 2.74. The fourth-order valence-corrected chi connectivity index (χ4v) is 4.21. The third-order valence-electron chi connectivity index (χ3n) is 6.99. The van der Waals surface area contributed by atoms with Crippen molar-refractivity contribution in [2.24, 2.45) is 5.92 Å². The Labute approximate surface area is 172 Å². The van der Waals surface area contributed by atoms with Crippen LogP contribution in [0.25, 0.3) is 0 Å². The van der Waals surface area contributed by atoms with Gasteiger partial charge in [0.2, 0.25) is 5.91 Å². The van der Waals surface area contributed by atoms with Crippen LogP contribution in [-0.4, -0.2) is 64.8 Å². The van der Waals surface area contributed by atoms with Crippen LogP contribution in [-0.2, 0) is 9.59 Å². The lowest BCUT2D eigenvalue weighted by Gasteiger charge is -2.51. The Hall–Kier alpha value is -1.78. The molecule has 0 aromatic carbocycles. The van der Waals surface area contributed by atoms with Gasteiger partial charge in [0.15, 0.2) is 0 Å². The first-order valence-electron chi connectivity index (χ1n) is 10.2. The molecule has 5 nitrogen and oxygen atoms in total. The van der Waals surface area contributed by atoms with Crippen molar-refractivity contribution in [2.75, 3.05) is 21.1 Å². The maximum Gasteiger partial charge on any atom is 0.271 e. The summed E-state index contributed by atoms with van der Waals surface area (Å²) >= 11 is 0. The Bertz CT molecular complexity index is 709. The summed E-state index contributed by atoms with van der Waals surface area (Å²) in [4.78, 5) is 32.6. The summed E-state index contributed by atoms with van der Waals surface area (Å²) < 4.78 is 0. The van der Waals surface area contributed by atoms with E-state index in [1.165, 1.54) is 5.57 Å². The molecule has 2 unspecified atom stereocenters. The molecule has 0 radical (unpaired) electrons. The highest BCUT2D eigenvalue weighted by atomic mass is 16.2. The predicted octanol–water partition coefficient (Wildman–Crippen LogP) is 4.06. The maximum absolute atomic E-state index is 13.7. The fourth-order valence-electron chi connectivity index (χ4n) is 4.21. The van der Waals surface area contributed by atoms with Crippen molar-refractivity contribution in [3.63, 3.8) is 0 Å². The Balaban J connectivity index is 3.44. The summed E-state index contributed by atoms with van der Waals surface area (Å²) in [6.07, 6.45) is 0. The van der Waals surface area contributed by atoms with Crippen molar-refractivity contribution in [2.45, 2.75) is 86.4 Å². The summed E-state index contributed by atoms with van der Waals surface area (Å²) in [5.74, 6) is 0.0553. The number of carbonyl (C=O) groups excluding carboxylic acids is 2. The van der Waals surface area contributed by atoms with E-state index in [-0.39, 0.29) is 23.8 Å². The van der Waals surface area contributed by atoms with Gasteiger partial charge in [-0.2, -0.15) is 0 Å². The van der Waals surface area contributed by atoms with Crippen LogP contribution in [0.1, 0.15) is 69.2 Å². The molecule has 1 heterocycles. The van der Waals surface area contributed by atoms with E-state index in [9.17, 15) is 9.59 Å². The molecule has 0 aromatic heterocycles. The molecule has 2 atom stereocenters. The van der Waals surface area contributed by atoms with Crippen LogP contribution in [0.15, 0.2) is 22.4 Å². The van der Waals surface area contributed by atoms with Crippen molar-refractivity contribution in [1.82, 2.24) is 14.7 Å². The number of likely N-dealkylation sites (N-methyl/N-ethyl adjacent to an activating group) is 2. The van der Waals surface area contributed by atoms with Crippen LogP contribution < -0.4 is 0 Å². The Kier molecular flexibility index (Phi) is 6.86. The van der Waals surface area contributed by atoms with Crippen molar-refractivity contribution in [3.8, 4) is 0 Å². The van der Waals surface area contributed by atoms with Gasteiger partial charge in [0.25, 0.3) is 5.91 Å². The molecule has 28 heavy (non-hydrogen) atoms. The van der Waals surface area contributed by atoms with E-state index in [0.717, 1.165) is 11.1 Å². The Morgan fingerprint density at radius 3 is 1.86 bits per heavy atom. The lowest BCUT2D eigenvalue weighted by molar-refractivity contribution is -0.157. The molecule has 1 rings (SSSR count). The van der Waals surface area contributed by atoms with Crippen molar-refractivity contribution < 1.29 is 9.59 Å². The summed E-state index contributed by atoms with van der Waals surface area (Å²) in [6, 6.07) is -0.0591. The van der Waals surface area contributed by atoms with Gasteiger partial charge in [-0.1, -0.05) is 12.5 Å². The van der Waals surface area contributed by atoms with Crippen LogP contribution in [0, 0.1) is 5.92 Å². The van der Waals surface area contributed by atoms with Gasteiger partial charge in [-0.15, -0.1) is 0 Å². The Morgan fingerprint density at radius 2 is 1.46 bits per heavy atom. The zero-order valence-corrected chi connectivity index (χ0v) is 20.3. The molecule has 0 spiro atoms. The molecular formula is C23H41N3O2. The second kappa shape index (κ2) is 7.92. The molecule has 0 N–H and O–H groups in total. The zero-order chi connectivity index (χ0) is 22.4. The highest BCUT2D eigenvalue weighted by molar-refractivity contribution is 5.99. The topological polar surface area (TPSA) is 43.9 Å². The molecule has 0 aromatic rings. The van der Waals surface area contributed by atoms with E-state index in [0.29, 0.717) is 5.70 Å². The van der Waals surface area contributed by atoms with Gasteiger partial charge in [0.05, 0.1) is 5.54 Å². The largest absolute Gasteiger partial charge is 0.373 e. The minimum atomic E-state index is -0.958. The first-order chi connectivity index (χ1) is 12.5. The predicted molar refractivity (Wildman–Crippen MR) is 117 cm³/mol. The maximum atomic E-state index is 13.7. The molecule has 1 aliphatic heterocycles. The molecule has 0 saturated heterocycles. The minimum absolute atomic E-state index is 0.0526. The van der Waals surface area contributed by atoms with Crippen LogP contribution in [0.4, 0.5) is 0 Å². The average molecular weight is 392 g/mol. The SMILES string of the molecule is CC(C)=C(C)C(C)(C)N(C)C(=O)C(C)(C)N1C(=O)C(N(C)C)=C(C)C(C)C1C. The lowest BCUT2D eigenvalue weighted by Crippen LogP contribution is -2.66. The molecular weight excluding hydrogens is 350 g/mol. The standard InChI is InChI=1S/C23H41N3O2/c1-14(2)17(5)22(7,8)25(13)21(28)23(9,10)26-18(6)15(3)16(4)19(20(26)27)24(11)12/h15,18H,1-13H3. The molecule has 160 valence electrons. The molecule has 0 aliphatic carbocycles. The summed E-state index contributed by atoms with van der Waals surface area (Å²) in [6.45, 7) is 20.2. The normalized spacial score (nSPS) is 21.0. The summed E-state index contributed by atoms with van der Waals surface area (Å²) in [7, 11) is 5.62. The van der Waals surface area contributed by atoms with E-state index in [4.69, 9.17) is 0 Å². The van der Waals surface area contributed by atoms with Gasteiger partial charge in [-0.25, -0.2) is 0 Å². The number of carbonyl (C=O) groups is 2. The minimum Gasteiger partial charge on any atom is -0.373 e. The third-order valence-corrected chi connectivity index (χ3v) is 6.99. The van der Waals surface area contributed by atoms with Crippen LogP contribution >= 0.6 is 0 Å². The molecule has 0 saturated carbocycles. The number of amides is 2. The van der Waals surface area contributed by atoms with E-state index in [1.807, 2.05) is 53.7 Å². The van der Waals surface area contributed by atoms with Gasteiger partial charge in [0, 0.05) is 27.2 Å². The van der Waals surface area contributed by atoms with Gasteiger partial charge in [-0.05, 0) is 79.4 Å². The van der Waals surface area contributed by atoms with Crippen molar-refractivity contribution in [3.05, 3.63) is 22.4 Å². The van der Waals surface area contributed by atoms with Crippen LogP contribution in [0.5, 0.6) is 0 Å². The number of allylic oxidation sites excluding steroid dienone is 1. The van der Waals surface area contributed by atoms with Crippen LogP contribution in [0.3, 0.4) is 0 Å². The second-order valence-electron chi connectivity index (χ2n) is 9.74. The monoisotopic (exact) mass is 391 g/mol. The van der Waals surface area contributed by atoms with E-state index < -0.39 is 11.1 Å². The molecule has 5 heteroatoms. The number of rotatable bonds is 5. The lowest BCUT2D eigenvalue weighted by atomic mass is 9.83. The average Bonchev–Trinajstić information content (AvgIpc) is 2.57. The molecule has 2 amide bonds. The first kappa shape index (κ1) is 24.3. The number of nitrogens with zero attached hydrogens (tertiary/aromatic N) is 3. The van der Waals surface area contributed by atoms with Gasteiger partial charge in [0.1, 0.15) is 11.2 Å². The summed E-state index contributed by atoms with van der Waals surface area (Å²) in [5, 5.41) is 0. The third kappa shape index (κ3) is 3.85. The van der Waals surface area contributed by atoms with E-state index in [1.54, 1.807) is 9.80 Å². The van der Waals surface area contributed by atoms with Crippen molar-refractivity contribution in [1.29, 1.82) is 0 Å². The molecule has 1 aliphatic rings. The smallest absolute Gasteiger partial charge is 0.271 e. The van der Waals surface area contributed by atoms with E-state index >= 15 is 0 Å². The van der Waals surface area contributed by atoms with Gasteiger partial charge >= 0.3 is 0 Å². The van der Waals surface area contributed by atoms with E-state index in [2.05, 4.69) is 41.5 Å². The van der Waals surface area contributed by atoms with Gasteiger partial charge in [-0.3, -0.25) is 9.59 Å². The zero-order valence-electron chi connectivity index (χ0n) is 20.3. The number of hydrogen-bond acceptors (Lipinski definition) is 3. The number of hydrogen-bond donors (Lipinski definition) is 0. The fraction of sp³-hybridized carbons (Fsp3) is 0.739. The highest BCUT2D eigenvalue weighted by Crippen LogP contribution is 2.37. The van der Waals surface area contributed by atoms with Gasteiger partial charge < -0.3 is 14.7 Å². The first-order valence-corrected chi connectivity index (χ1v) is 10.2. The Morgan fingerprint density at radius 1 is 1.00 bits per heavy atom. The highest BCUT2D eigenvalue weighted by Gasteiger charge is 2.49. The molecule has 0 bridgehead atoms. The quantitative estimate of drug-likeness (QED) is 0.664.